The lowest BCUT2D eigenvalue weighted by molar-refractivity contribution is 0.598. The molecule has 0 saturated heterocycles. The second-order valence-electron chi connectivity index (χ2n) is 4.14. The average molecular weight is 334 g/mol. The standard InChI is InChI=1S/C13H10Cl2FNO2S/c1-8-5-6-10(16)11(7-8)17-20(18,19)12-4-2-3-9(14)13(12)15/h2-7,17H,1H3. The lowest BCUT2D eigenvalue weighted by Crippen LogP contribution is -2.14. The van der Waals surface area contributed by atoms with E-state index in [4.69, 9.17) is 23.2 Å². The summed E-state index contributed by atoms with van der Waals surface area (Å²) < 4.78 is 40.2. The highest BCUT2D eigenvalue weighted by Gasteiger charge is 2.20. The van der Waals surface area contributed by atoms with Crippen molar-refractivity contribution in [3.05, 3.63) is 57.8 Å². The highest BCUT2D eigenvalue weighted by Crippen LogP contribution is 2.30. The van der Waals surface area contributed by atoms with Crippen molar-refractivity contribution >= 4 is 38.9 Å². The Morgan fingerprint density at radius 1 is 1.15 bits per heavy atom. The number of hydrogen-bond acceptors (Lipinski definition) is 2. The van der Waals surface area contributed by atoms with Crippen LogP contribution in [0.25, 0.3) is 0 Å². The Morgan fingerprint density at radius 3 is 2.55 bits per heavy atom. The van der Waals surface area contributed by atoms with Crippen LogP contribution in [0.4, 0.5) is 10.1 Å². The van der Waals surface area contributed by atoms with E-state index in [1.165, 1.54) is 30.3 Å². The van der Waals surface area contributed by atoms with Crippen LogP contribution in [0.5, 0.6) is 0 Å². The molecule has 3 nitrogen and oxygen atoms in total. The van der Waals surface area contributed by atoms with Crippen LogP contribution in [-0.4, -0.2) is 8.42 Å². The summed E-state index contributed by atoms with van der Waals surface area (Å²) in [6.45, 7) is 1.73. The van der Waals surface area contributed by atoms with Gasteiger partial charge in [-0.1, -0.05) is 35.3 Å². The topological polar surface area (TPSA) is 46.2 Å². The van der Waals surface area contributed by atoms with Crippen LogP contribution in [-0.2, 0) is 10.0 Å². The molecule has 0 unspecified atom stereocenters. The summed E-state index contributed by atoms with van der Waals surface area (Å²) in [6.07, 6.45) is 0. The summed E-state index contributed by atoms with van der Waals surface area (Å²) in [4.78, 5) is -0.201. The molecule has 0 saturated carbocycles. The molecule has 0 aromatic heterocycles. The van der Waals surface area contributed by atoms with Crippen LogP contribution in [0.15, 0.2) is 41.3 Å². The normalized spacial score (nSPS) is 11.4. The first-order chi connectivity index (χ1) is 9.31. The van der Waals surface area contributed by atoms with E-state index >= 15 is 0 Å². The summed E-state index contributed by atoms with van der Waals surface area (Å²) in [7, 11) is -4.01. The molecule has 2 rings (SSSR count). The van der Waals surface area contributed by atoms with Crippen LogP contribution in [0.3, 0.4) is 0 Å². The number of nitrogens with one attached hydrogen (secondary N) is 1. The number of halogens is 3. The van der Waals surface area contributed by atoms with Crippen molar-refractivity contribution in [3.63, 3.8) is 0 Å². The molecule has 0 heterocycles. The Labute approximate surface area is 126 Å². The molecule has 0 aliphatic carbocycles. The third-order valence-corrected chi connectivity index (χ3v) is 4.91. The second-order valence-corrected chi connectivity index (χ2v) is 6.58. The fourth-order valence-electron chi connectivity index (χ4n) is 1.61. The molecule has 0 aliphatic heterocycles. The van der Waals surface area contributed by atoms with Gasteiger partial charge in [0.05, 0.1) is 15.7 Å². The van der Waals surface area contributed by atoms with Crippen molar-refractivity contribution < 1.29 is 12.8 Å². The van der Waals surface area contributed by atoms with E-state index in [1.807, 2.05) is 0 Å². The van der Waals surface area contributed by atoms with Crippen molar-refractivity contribution in [3.8, 4) is 0 Å². The Balaban J connectivity index is 2.46. The lowest BCUT2D eigenvalue weighted by atomic mass is 10.2. The molecule has 0 amide bonds. The summed E-state index contributed by atoms with van der Waals surface area (Å²) in [5.41, 5.74) is 0.585. The number of benzene rings is 2. The van der Waals surface area contributed by atoms with Gasteiger partial charge in [-0.05, 0) is 36.8 Å². The average Bonchev–Trinajstić information content (AvgIpc) is 2.36. The maximum atomic E-state index is 13.6. The summed E-state index contributed by atoms with van der Waals surface area (Å²) in [6, 6.07) is 8.34. The molecule has 0 atom stereocenters. The van der Waals surface area contributed by atoms with Crippen LogP contribution >= 0.6 is 23.2 Å². The van der Waals surface area contributed by atoms with E-state index in [9.17, 15) is 12.8 Å². The summed E-state index contributed by atoms with van der Waals surface area (Å²) in [5, 5.41) is 0.00832. The second kappa shape index (κ2) is 5.60. The molecule has 7 heteroatoms. The van der Waals surface area contributed by atoms with Crippen LogP contribution in [0.1, 0.15) is 5.56 Å². The quantitative estimate of drug-likeness (QED) is 0.912. The van der Waals surface area contributed by atoms with Gasteiger partial charge in [-0.25, -0.2) is 12.8 Å². The van der Waals surface area contributed by atoms with Crippen LogP contribution in [0, 0.1) is 12.7 Å². The minimum atomic E-state index is -4.01. The molecule has 1 N–H and O–H groups in total. The minimum absolute atomic E-state index is 0.102. The maximum absolute atomic E-state index is 13.6. The van der Waals surface area contributed by atoms with Gasteiger partial charge in [0.25, 0.3) is 10.0 Å². The monoisotopic (exact) mass is 333 g/mol. The fraction of sp³-hybridized carbons (Fsp3) is 0.0769. The van der Waals surface area contributed by atoms with Gasteiger partial charge in [-0.15, -0.1) is 0 Å². The number of anilines is 1. The van der Waals surface area contributed by atoms with Crippen molar-refractivity contribution in [2.45, 2.75) is 11.8 Å². The molecule has 0 bridgehead atoms. The SMILES string of the molecule is Cc1ccc(F)c(NS(=O)(=O)c2cccc(Cl)c2Cl)c1. The summed E-state index contributed by atoms with van der Waals surface area (Å²) in [5.74, 6) is -0.669. The van der Waals surface area contributed by atoms with Crippen LogP contribution in [0.2, 0.25) is 10.0 Å². The van der Waals surface area contributed by atoms with E-state index in [1.54, 1.807) is 13.0 Å². The van der Waals surface area contributed by atoms with Crippen molar-refractivity contribution in [2.24, 2.45) is 0 Å². The van der Waals surface area contributed by atoms with Gasteiger partial charge in [0, 0.05) is 0 Å². The first-order valence-electron chi connectivity index (χ1n) is 5.54. The van der Waals surface area contributed by atoms with Gasteiger partial charge in [0.15, 0.2) is 0 Å². The Morgan fingerprint density at radius 2 is 1.85 bits per heavy atom. The van der Waals surface area contributed by atoms with E-state index < -0.39 is 15.8 Å². The number of sulfonamides is 1. The van der Waals surface area contributed by atoms with Gasteiger partial charge in [0.1, 0.15) is 10.7 Å². The van der Waals surface area contributed by atoms with Crippen LogP contribution < -0.4 is 4.72 Å². The van der Waals surface area contributed by atoms with Gasteiger partial charge >= 0.3 is 0 Å². The van der Waals surface area contributed by atoms with E-state index in [-0.39, 0.29) is 20.6 Å². The third-order valence-electron chi connectivity index (χ3n) is 2.57. The van der Waals surface area contributed by atoms with Crippen molar-refractivity contribution in [1.82, 2.24) is 0 Å². The first-order valence-corrected chi connectivity index (χ1v) is 7.78. The predicted octanol–water partition coefficient (Wildman–Crippen LogP) is 4.24. The highest BCUT2D eigenvalue weighted by molar-refractivity contribution is 7.92. The molecule has 0 aliphatic rings. The van der Waals surface area contributed by atoms with Gasteiger partial charge in [0.2, 0.25) is 0 Å². The number of aryl methyl sites for hydroxylation is 1. The Hall–Kier alpha value is -1.30. The molecule has 2 aromatic carbocycles. The highest BCUT2D eigenvalue weighted by atomic mass is 35.5. The largest absolute Gasteiger partial charge is 0.277 e. The first kappa shape index (κ1) is 15.1. The predicted molar refractivity (Wildman–Crippen MR) is 78.4 cm³/mol. The number of hydrogen-bond donors (Lipinski definition) is 1. The summed E-state index contributed by atoms with van der Waals surface area (Å²) >= 11 is 11.7. The van der Waals surface area contributed by atoms with E-state index in [0.29, 0.717) is 0 Å². The van der Waals surface area contributed by atoms with E-state index in [0.717, 1.165) is 5.56 Å². The lowest BCUT2D eigenvalue weighted by Gasteiger charge is -2.11. The Kier molecular flexibility index (Phi) is 4.22. The van der Waals surface area contributed by atoms with Crippen molar-refractivity contribution in [2.75, 3.05) is 4.72 Å². The zero-order chi connectivity index (χ0) is 14.9. The molecule has 2 aromatic rings. The zero-order valence-electron chi connectivity index (χ0n) is 10.3. The molecular weight excluding hydrogens is 324 g/mol. The number of rotatable bonds is 3. The molecule has 0 radical (unpaired) electrons. The molecule has 0 fully saturated rings. The molecule has 106 valence electrons. The maximum Gasteiger partial charge on any atom is 0.263 e. The van der Waals surface area contributed by atoms with Gasteiger partial charge in [-0.3, -0.25) is 4.72 Å². The third kappa shape index (κ3) is 3.06. The fourth-order valence-corrected chi connectivity index (χ4v) is 3.43. The Bertz CT molecular complexity index is 763. The van der Waals surface area contributed by atoms with Gasteiger partial charge < -0.3 is 0 Å². The van der Waals surface area contributed by atoms with E-state index in [2.05, 4.69) is 4.72 Å². The zero-order valence-corrected chi connectivity index (χ0v) is 12.7. The molecule has 20 heavy (non-hydrogen) atoms. The smallest absolute Gasteiger partial charge is 0.263 e. The molecular formula is C13H10Cl2FNO2S. The van der Waals surface area contributed by atoms with Gasteiger partial charge in [-0.2, -0.15) is 0 Å². The molecule has 0 spiro atoms. The minimum Gasteiger partial charge on any atom is -0.277 e. The van der Waals surface area contributed by atoms with Crippen molar-refractivity contribution in [1.29, 1.82) is 0 Å².